The summed E-state index contributed by atoms with van der Waals surface area (Å²) >= 11 is 0. The number of likely N-dealkylation sites (tertiary alicyclic amines) is 1. The topological polar surface area (TPSA) is 108 Å². The van der Waals surface area contributed by atoms with Crippen molar-refractivity contribution in [1.82, 2.24) is 25.1 Å². The first-order chi connectivity index (χ1) is 16.6. The molecule has 2 aliphatic heterocycles. The van der Waals surface area contributed by atoms with Gasteiger partial charge >= 0.3 is 0 Å². The number of ether oxygens (including phenoxy) is 1. The quantitative estimate of drug-likeness (QED) is 0.361. The van der Waals surface area contributed by atoms with Gasteiger partial charge in [0.25, 0.3) is 0 Å². The highest BCUT2D eigenvalue weighted by atomic mass is 16.5. The van der Waals surface area contributed by atoms with Gasteiger partial charge in [-0.1, -0.05) is 26.2 Å². The number of hydrogen-bond donors (Lipinski definition) is 1. The van der Waals surface area contributed by atoms with E-state index in [9.17, 15) is 14.4 Å². The molecule has 10 nitrogen and oxygen atoms in total. The van der Waals surface area contributed by atoms with E-state index in [2.05, 4.69) is 27.1 Å². The molecule has 1 N–H and O–H groups in total. The third-order valence-electron chi connectivity index (χ3n) is 6.56. The molecular formula is C24H38N6O4. The van der Waals surface area contributed by atoms with Crippen LogP contribution in [0.3, 0.4) is 0 Å². The molecule has 2 saturated heterocycles. The predicted molar refractivity (Wildman–Crippen MR) is 128 cm³/mol. The van der Waals surface area contributed by atoms with Crippen LogP contribution in [-0.4, -0.2) is 89.9 Å². The lowest BCUT2D eigenvalue weighted by Gasteiger charge is -2.37. The highest BCUT2D eigenvalue weighted by Crippen LogP contribution is 2.25. The van der Waals surface area contributed by atoms with Crippen molar-refractivity contribution in [2.24, 2.45) is 5.92 Å². The van der Waals surface area contributed by atoms with Gasteiger partial charge in [0.2, 0.25) is 30.1 Å². The Morgan fingerprint density at radius 3 is 2.71 bits per heavy atom. The maximum Gasteiger partial charge on any atom is 0.245 e. The Morgan fingerprint density at radius 1 is 1.21 bits per heavy atom. The van der Waals surface area contributed by atoms with Crippen LogP contribution < -0.4 is 15.0 Å². The van der Waals surface area contributed by atoms with Crippen molar-refractivity contribution in [3.05, 3.63) is 12.3 Å². The van der Waals surface area contributed by atoms with Crippen LogP contribution in [0, 0.1) is 5.92 Å². The Bertz CT molecular complexity index is 814. The average molecular weight is 475 g/mol. The number of aromatic nitrogens is 2. The fourth-order valence-electron chi connectivity index (χ4n) is 4.72. The largest absolute Gasteiger partial charge is 0.478 e. The van der Waals surface area contributed by atoms with E-state index in [0.717, 1.165) is 32.1 Å². The number of rotatable bonds is 12. The van der Waals surface area contributed by atoms with Crippen LogP contribution in [0.5, 0.6) is 5.88 Å². The Morgan fingerprint density at radius 2 is 2.00 bits per heavy atom. The van der Waals surface area contributed by atoms with Gasteiger partial charge in [-0.05, 0) is 26.2 Å². The molecule has 10 heteroatoms. The summed E-state index contributed by atoms with van der Waals surface area (Å²) in [5.41, 5.74) is 0. The van der Waals surface area contributed by atoms with Gasteiger partial charge in [-0.15, -0.1) is 0 Å². The number of amides is 3. The van der Waals surface area contributed by atoms with E-state index >= 15 is 0 Å². The molecule has 2 atom stereocenters. The molecule has 3 rings (SSSR count). The van der Waals surface area contributed by atoms with Crippen LogP contribution in [0.1, 0.15) is 52.4 Å². The summed E-state index contributed by atoms with van der Waals surface area (Å²) in [6.45, 7) is 7.88. The normalized spacial score (nSPS) is 19.1. The van der Waals surface area contributed by atoms with E-state index < -0.39 is 6.04 Å². The predicted octanol–water partition coefficient (Wildman–Crippen LogP) is 1.46. The molecular weight excluding hydrogens is 436 g/mol. The summed E-state index contributed by atoms with van der Waals surface area (Å²) in [7, 11) is 0. The van der Waals surface area contributed by atoms with Crippen molar-refractivity contribution in [3.63, 3.8) is 0 Å². The standard InChI is InChI=1S/C24H38N6O4/c1-3-5-6-8-19(17-25-18-31)22(32)30-12-7-9-20(30)23(33)28-13-15-29(16-14-28)24-26-11-10-21(27-24)34-4-2/h10-11,18-20H,3-9,12-17H2,1-2H3,(H,25,31)/t19-,20+/m1/s1. The van der Waals surface area contributed by atoms with E-state index in [4.69, 9.17) is 4.74 Å². The van der Waals surface area contributed by atoms with Gasteiger partial charge in [-0.2, -0.15) is 4.98 Å². The highest BCUT2D eigenvalue weighted by molar-refractivity contribution is 5.89. The highest BCUT2D eigenvalue weighted by Gasteiger charge is 2.39. The minimum atomic E-state index is -0.415. The summed E-state index contributed by atoms with van der Waals surface area (Å²) < 4.78 is 5.47. The molecule has 0 aliphatic carbocycles. The van der Waals surface area contributed by atoms with Gasteiger partial charge in [-0.25, -0.2) is 4.98 Å². The molecule has 1 aromatic rings. The van der Waals surface area contributed by atoms with Crippen LogP contribution >= 0.6 is 0 Å². The van der Waals surface area contributed by atoms with Crippen LogP contribution in [0.25, 0.3) is 0 Å². The first kappa shape index (κ1) is 25.7. The minimum Gasteiger partial charge on any atom is -0.478 e. The van der Waals surface area contributed by atoms with Crippen LogP contribution in [0.2, 0.25) is 0 Å². The monoisotopic (exact) mass is 474 g/mol. The van der Waals surface area contributed by atoms with E-state index in [1.165, 1.54) is 0 Å². The summed E-state index contributed by atoms with van der Waals surface area (Å²) in [4.78, 5) is 52.0. The van der Waals surface area contributed by atoms with Crippen molar-refractivity contribution in [1.29, 1.82) is 0 Å². The second-order valence-electron chi connectivity index (χ2n) is 8.85. The maximum atomic E-state index is 13.4. The molecule has 0 bridgehead atoms. The molecule has 3 heterocycles. The van der Waals surface area contributed by atoms with Gasteiger partial charge in [-0.3, -0.25) is 14.4 Å². The van der Waals surface area contributed by atoms with Gasteiger partial charge in [0, 0.05) is 51.5 Å². The third kappa shape index (κ3) is 6.57. The number of carbonyl (C=O) groups is 3. The fourth-order valence-corrected chi connectivity index (χ4v) is 4.72. The fraction of sp³-hybridized carbons (Fsp3) is 0.708. The van der Waals surface area contributed by atoms with Gasteiger partial charge in [0.15, 0.2) is 0 Å². The lowest BCUT2D eigenvalue weighted by Crippen LogP contribution is -2.55. The first-order valence-corrected chi connectivity index (χ1v) is 12.6. The van der Waals surface area contributed by atoms with Gasteiger partial charge in [0.1, 0.15) is 6.04 Å². The number of nitrogens with zero attached hydrogens (tertiary/aromatic N) is 5. The smallest absolute Gasteiger partial charge is 0.245 e. The molecule has 0 saturated carbocycles. The number of piperazine rings is 1. The maximum absolute atomic E-state index is 13.4. The molecule has 2 aliphatic rings. The molecule has 2 fully saturated rings. The summed E-state index contributed by atoms with van der Waals surface area (Å²) in [5.74, 6) is 0.875. The number of hydrogen-bond acceptors (Lipinski definition) is 7. The average Bonchev–Trinajstić information content (AvgIpc) is 3.36. The van der Waals surface area contributed by atoms with E-state index in [1.54, 1.807) is 17.2 Å². The first-order valence-electron chi connectivity index (χ1n) is 12.6. The van der Waals surface area contributed by atoms with Crippen LogP contribution in [-0.2, 0) is 14.4 Å². The lowest BCUT2D eigenvalue weighted by molar-refractivity contribution is -0.146. The second kappa shape index (κ2) is 13.1. The third-order valence-corrected chi connectivity index (χ3v) is 6.56. The summed E-state index contributed by atoms with van der Waals surface area (Å²) in [6, 6.07) is 1.32. The van der Waals surface area contributed by atoms with Crippen molar-refractivity contribution in [3.8, 4) is 5.88 Å². The van der Waals surface area contributed by atoms with Gasteiger partial charge < -0.3 is 24.8 Å². The van der Waals surface area contributed by atoms with E-state index in [0.29, 0.717) is 70.5 Å². The Labute approximate surface area is 202 Å². The Kier molecular flexibility index (Phi) is 9.90. The zero-order chi connectivity index (χ0) is 24.3. The number of carbonyl (C=O) groups excluding carboxylic acids is 3. The van der Waals surface area contributed by atoms with Gasteiger partial charge in [0.05, 0.1) is 12.5 Å². The Hall–Kier alpha value is -2.91. The number of anilines is 1. The van der Waals surface area contributed by atoms with E-state index in [1.807, 2.05) is 11.8 Å². The molecule has 188 valence electrons. The zero-order valence-corrected chi connectivity index (χ0v) is 20.4. The summed E-state index contributed by atoms with van der Waals surface area (Å²) in [5, 5.41) is 2.67. The van der Waals surface area contributed by atoms with Crippen molar-refractivity contribution < 1.29 is 19.1 Å². The lowest BCUT2D eigenvalue weighted by atomic mass is 9.99. The van der Waals surface area contributed by atoms with E-state index in [-0.39, 0.29) is 17.7 Å². The molecule has 0 unspecified atom stereocenters. The van der Waals surface area contributed by atoms with Crippen LogP contribution in [0.15, 0.2) is 12.3 Å². The van der Waals surface area contributed by atoms with Crippen LogP contribution in [0.4, 0.5) is 5.95 Å². The van der Waals surface area contributed by atoms with Crippen molar-refractivity contribution >= 4 is 24.2 Å². The molecule has 0 aromatic carbocycles. The Balaban J connectivity index is 1.58. The SMILES string of the molecule is CCCCC[C@H](CNC=O)C(=O)N1CCC[C@H]1C(=O)N1CCN(c2nccc(OCC)n2)CC1. The van der Waals surface area contributed by atoms with Crippen molar-refractivity contribution in [2.75, 3.05) is 50.8 Å². The molecule has 3 amide bonds. The summed E-state index contributed by atoms with van der Waals surface area (Å²) in [6.07, 6.45) is 7.62. The number of unbranched alkanes of at least 4 members (excludes halogenated alkanes) is 2. The zero-order valence-electron chi connectivity index (χ0n) is 20.4. The second-order valence-corrected chi connectivity index (χ2v) is 8.85. The molecule has 0 spiro atoms. The minimum absolute atomic E-state index is 0.0129. The molecule has 0 radical (unpaired) electrons. The van der Waals surface area contributed by atoms with Crippen molar-refractivity contribution in [2.45, 2.75) is 58.4 Å². The molecule has 34 heavy (non-hydrogen) atoms. The molecule has 1 aromatic heterocycles. The number of nitrogens with one attached hydrogen (secondary N) is 1.